The van der Waals surface area contributed by atoms with E-state index in [1.807, 2.05) is 0 Å². The van der Waals surface area contributed by atoms with Gasteiger partial charge in [0.15, 0.2) is 0 Å². The molecular formula is C22H32N4O. The summed E-state index contributed by atoms with van der Waals surface area (Å²) < 4.78 is 5.79. The monoisotopic (exact) mass is 368 g/mol. The summed E-state index contributed by atoms with van der Waals surface area (Å²) in [5.41, 5.74) is 4.50. The van der Waals surface area contributed by atoms with Gasteiger partial charge in [0, 0.05) is 37.2 Å². The van der Waals surface area contributed by atoms with E-state index in [4.69, 9.17) is 9.72 Å². The number of pyridine rings is 1. The zero-order valence-corrected chi connectivity index (χ0v) is 16.8. The normalized spacial score (nSPS) is 24.5. The van der Waals surface area contributed by atoms with Gasteiger partial charge < -0.3 is 9.64 Å². The Kier molecular flexibility index (Phi) is 5.66. The van der Waals surface area contributed by atoms with Crippen LogP contribution in [0.15, 0.2) is 0 Å². The summed E-state index contributed by atoms with van der Waals surface area (Å²) in [5, 5.41) is 10.0. The fourth-order valence-electron chi connectivity index (χ4n) is 5.18. The molecule has 0 aromatic carbocycles. The molecule has 1 aromatic rings. The largest absolute Gasteiger partial charge is 0.376 e. The maximum Gasteiger partial charge on any atom is 0.147 e. The molecule has 3 heterocycles. The number of fused-ring (bicyclic) bond motifs is 1. The molecule has 4 rings (SSSR count). The van der Waals surface area contributed by atoms with Crippen LogP contribution in [0.25, 0.3) is 0 Å². The number of aromatic nitrogens is 1. The molecule has 2 fully saturated rings. The highest BCUT2D eigenvalue weighted by atomic mass is 16.5. The van der Waals surface area contributed by atoms with Crippen LogP contribution < -0.4 is 4.90 Å². The maximum atomic E-state index is 10.0. The van der Waals surface area contributed by atoms with Crippen molar-refractivity contribution in [2.24, 2.45) is 0 Å². The van der Waals surface area contributed by atoms with Gasteiger partial charge >= 0.3 is 0 Å². The Hall–Kier alpha value is -1.64. The molecule has 27 heavy (non-hydrogen) atoms. The summed E-state index contributed by atoms with van der Waals surface area (Å²) in [6.07, 6.45) is 7.23. The highest BCUT2D eigenvalue weighted by molar-refractivity contribution is 5.62. The number of ether oxygens (including phenoxy) is 1. The van der Waals surface area contributed by atoms with Crippen LogP contribution in [0.4, 0.5) is 5.82 Å². The third-order valence-corrected chi connectivity index (χ3v) is 6.74. The zero-order chi connectivity index (χ0) is 18.8. The number of piperazine rings is 1. The van der Waals surface area contributed by atoms with Crippen LogP contribution in [0.2, 0.25) is 0 Å². The van der Waals surface area contributed by atoms with Crippen LogP contribution in [0.5, 0.6) is 0 Å². The predicted molar refractivity (Wildman–Crippen MR) is 107 cm³/mol. The van der Waals surface area contributed by atoms with Gasteiger partial charge in [0.1, 0.15) is 11.9 Å². The summed E-state index contributed by atoms with van der Waals surface area (Å²) in [7, 11) is 0. The van der Waals surface area contributed by atoms with E-state index in [1.54, 1.807) is 0 Å². The van der Waals surface area contributed by atoms with Gasteiger partial charge in [-0.1, -0.05) is 26.2 Å². The van der Waals surface area contributed by atoms with Crippen molar-refractivity contribution in [3.63, 3.8) is 0 Å². The van der Waals surface area contributed by atoms with E-state index in [2.05, 4.69) is 29.7 Å². The van der Waals surface area contributed by atoms with Crippen LogP contribution in [0.3, 0.4) is 0 Å². The van der Waals surface area contributed by atoms with Crippen molar-refractivity contribution in [2.75, 3.05) is 37.7 Å². The molecule has 0 unspecified atom stereocenters. The average molecular weight is 369 g/mol. The molecule has 0 spiro atoms. The second-order valence-electron chi connectivity index (χ2n) is 8.33. The van der Waals surface area contributed by atoms with Gasteiger partial charge in [-0.25, -0.2) is 4.98 Å². The number of hydrogen-bond acceptors (Lipinski definition) is 5. The van der Waals surface area contributed by atoms with E-state index in [9.17, 15) is 5.26 Å². The molecule has 0 radical (unpaired) electrons. The van der Waals surface area contributed by atoms with Crippen LogP contribution in [0, 0.1) is 11.3 Å². The predicted octanol–water partition coefficient (Wildman–Crippen LogP) is 3.60. The molecule has 0 amide bonds. The second-order valence-corrected chi connectivity index (χ2v) is 8.33. The Labute approximate surface area is 163 Å². The summed E-state index contributed by atoms with van der Waals surface area (Å²) in [4.78, 5) is 10.1. The minimum absolute atomic E-state index is 0.495. The second kappa shape index (κ2) is 8.16. The molecule has 5 nitrogen and oxygen atoms in total. The summed E-state index contributed by atoms with van der Waals surface area (Å²) in [5.74, 6) is 1.48. The smallest absolute Gasteiger partial charge is 0.147 e. The van der Waals surface area contributed by atoms with Crippen molar-refractivity contribution in [1.29, 1.82) is 5.26 Å². The van der Waals surface area contributed by atoms with E-state index in [0.29, 0.717) is 18.6 Å². The molecule has 5 heteroatoms. The minimum Gasteiger partial charge on any atom is -0.376 e. The summed E-state index contributed by atoms with van der Waals surface area (Å²) in [6.45, 7) is 9.90. The van der Waals surface area contributed by atoms with Crippen LogP contribution in [-0.4, -0.2) is 48.7 Å². The fourth-order valence-corrected chi connectivity index (χ4v) is 5.18. The van der Waals surface area contributed by atoms with E-state index in [-0.39, 0.29) is 0 Å². The number of likely N-dealkylation sites (N-methyl/N-ethyl adjacent to an activating group) is 1. The SMILES string of the molecule is CCN1CCN(c2nc(C3CCCCC3)c3c(c2C#N)CCOC3)C[C@H]1C. The highest BCUT2D eigenvalue weighted by Crippen LogP contribution is 2.39. The quantitative estimate of drug-likeness (QED) is 0.816. The lowest BCUT2D eigenvalue weighted by Gasteiger charge is -2.41. The van der Waals surface area contributed by atoms with Gasteiger partial charge in [0.05, 0.1) is 24.5 Å². The molecule has 1 atom stereocenters. The number of anilines is 1. The van der Waals surface area contributed by atoms with Gasteiger partial charge in [-0.2, -0.15) is 5.26 Å². The van der Waals surface area contributed by atoms with Crippen molar-refractivity contribution >= 4 is 5.82 Å². The van der Waals surface area contributed by atoms with Crippen molar-refractivity contribution in [2.45, 2.75) is 70.9 Å². The minimum atomic E-state index is 0.495. The zero-order valence-electron chi connectivity index (χ0n) is 16.8. The Morgan fingerprint density at radius 1 is 1.19 bits per heavy atom. The lowest BCUT2D eigenvalue weighted by Crippen LogP contribution is -2.52. The molecule has 0 bridgehead atoms. The molecule has 1 saturated carbocycles. The van der Waals surface area contributed by atoms with Gasteiger partial charge in [-0.3, -0.25) is 4.90 Å². The molecule has 2 aliphatic heterocycles. The first kappa shape index (κ1) is 18.7. The van der Waals surface area contributed by atoms with Crippen molar-refractivity contribution < 1.29 is 4.74 Å². The van der Waals surface area contributed by atoms with Crippen LogP contribution in [-0.2, 0) is 17.8 Å². The Morgan fingerprint density at radius 2 is 2.00 bits per heavy atom. The lowest BCUT2D eigenvalue weighted by atomic mass is 9.82. The first-order chi connectivity index (χ1) is 13.2. The van der Waals surface area contributed by atoms with Crippen molar-refractivity contribution in [1.82, 2.24) is 9.88 Å². The van der Waals surface area contributed by atoms with Crippen LogP contribution in [0.1, 0.15) is 74.3 Å². The van der Waals surface area contributed by atoms with Crippen molar-refractivity contribution in [3.05, 3.63) is 22.4 Å². The molecule has 1 aliphatic carbocycles. The van der Waals surface area contributed by atoms with Gasteiger partial charge in [0.2, 0.25) is 0 Å². The summed E-state index contributed by atoms with van der Waals surface area (Å²) in [6, 6.07) is 3.01. The van der Waals surface area contributed by atoms with E-state index < -0.39 is 0 Å². The number of nitriles is 1. The number of nitrogens with zero attached hydrogens (tertiary/aromatic N) is 4. The maximum absolute atomic E-state index is 10.0. The Morgan fingerprint density at radius 3 is 2.70 bits per heavy atom. The van der Waals surface area contributed by atoms with Crippen LogP contribution >= 0.6 is 0 Å². The number of rotatable bonds is 3. The first-order valence-corrected chi connectivity index (χ1v) is 10.7. The van der Waals surface area contributed by atoms with Gasteiger partial charge in [-0.15, -0.1) is 0 Å². The number of hydrogen-bond donors (Lipinski definition) is 0. The van der Waals surface area contributed by atoms with Gasteiger partial charge in [-0.05, 0) is 38.3 Å². The van der Waals surface area contributed by atoms with Crippen molar-refractivity contribution in [3.8, 4) is 6.07 Å². The summed E-state index contributed by atoms with van der Waals surface area (Å²) >= 11 is 0. The van der Waals surface area contributed by atoms with E-state index in [0.717, 1.165) is 50.6 Å². The Balaban J connectivity index is 1.75. The van der Waals surface area contributed by atoms with E-state index in [1.165, 1.54) is 48.9 Å². The molecule has 146 valence electrons. The molecule has 0 N–H and O–H groups in total. The molecule has 1 aromatic heterocycles. The standard InChI is InChI=1S/C22H32N4O/c1-3-25-10-11-26(14-16(25)2)22-19(13-23)18-9-12-27-15-20(18)21(24-22)17-7-5-4-6-8-17/h16-17H,3-12,14-15H2,1-2H3/t16-/m1/s1. The topological polar surface area (TPSA) is 52.4 Å². The third kappa shape index (κ3) is 3.58. The van der Waals surface area contributed by atoms with E-state index >= 15 is 0 Å². The lowest BCUT2D eigenvalue weighted by molar-refractivity contribution is 0.109. The molecular weight excluding hydrogens is 336 g/mol. The molecule has 3 aliphatic rings. The van der Waals surface area contributed by atoms with Gasteiger partial charge in [0.25, 0.3) is 0 Å². The molecule has 1 saturated heterocycles. The average Bonchev–Trinajstić information content (AvgIpc) is 2.73. The fraction of sp³-hybridized carbons (Fsp3) is 0.727. The highest BCUT2D eigenvalue weighted by Gasteiger charge is 2.31. The third-order valence-electron chi connectivity index (χ3n) is 6.74. The Bertz CT molecular complexity index is 720. The first-order valence-electron chi connectivity index (χ1n) is 10.7.